The number of hydrogen-bond donors (Lipinski definition) is 1. The second kappa shape index (κ2) is 9.42. The Morgan fingerprint density at radius 2 is 1.54 bits per heavy atom. The summed E-state index contributed by atoms with van der Waals surface area (Å²) in [5.41, 5.74) is 3.73. The number of benzene rings is 3. The van der Waals surface area contributed by atoms with Crippen LogP contribution in [-0.4, -0.2) is 39.6 Å². The summed E-state index contributed by atoms with van der Waals surface area (Å²) >= 11 is 6.02. The molecule has 1 N–H and O–H groups in total. The van der Waals surface area contributed by atoms with E-state index in [4.69, 9.17) is 21.1 Å². The number of carbonyl (C=O) groups excluding carboxylic acids is 1. The van der Waals surface area contributed by atoms with Gasteiger partial charge in [-0.05, 0) is 79.4 Å². The smallest absolute Gasteiger partial charge is 0.323 e. The Kier molecular flexibility index (Phi) is 6.40. The molecule has 0 saturated heterocycles. The highest BCUT2D eigenvalue weighted by molar-refractivity contribution is 6.30. The van der Waals surface area contributed by atoms with Crippen LogP contribution in [0.1, 0.15) is 53.4 Å². The maximum absolute atomic E-state index is 13.5. The van der Waals surface area contributed by atoms with Gasteiger partial charge in [0.15, 0.2) is 0 Å². The molecule has 2 aliphatic heterocycles. The van der Waals surface area contributed by atoms with E-state index in [2.05, 4.69) is 6.92 Å². The van der Waals surface area contributed by atoms with Crippen LogP contribution in [0.3, 0.4) is 0 Å². The number of hydrogen-bond acceptors (Lipinski definition) is 4. The van der Waals surface area contributed by atoms with Crippen molar-refractivity contribution in [3.63, 3.8) is 0 Å². The van der Waals surface area contributed by atoms with E-state index in [0.717, 1.165) is 40.2 Å². The van der Waals surface area contributed by atoms with E-state index < -0.39 is 11.6 Å². The fourth-order valence-corrected chi connectivity index (χ4v) is 5.44. The molecule has 192 valence electrons. The van der Waals surface area contributed by atoms with Crippen molar-refractivity contribution in [3.05, 3.63) is 93.5 Å². The van der Waals surface area contributed by atoms with E-state index in [1.807, 2.05) is 68.4 Å². The van der Waals surface area contributed by atoms with Gasteiger partial charge in [0.05, 0.1) is 0 Å². The summed E-state index contributed by atoms with van der Waals surface area (Å²) < 4.78 is 12.2. The SMILES string of the molecule is CC1(C)Cc2cc(CN(CC(=O)O)C(=O)c3ccc4c(c3)C[C@@](C)(Cc3ccc(Cl)cc3)O4)ccc2O1. The molecular weight excluding hydrogens is 490 g/mol. The molecule has 1 atom stereocenters. The van der Waals surface area contributed by atoms with E-state index in [-0.39, 0.29) is 24.6 Å². The van der Waals surface area contributed by atoms with E-state index in [1.54, 1.807) is 6.07 Å². The zero-order valence-corrected chi connectivity index (χ0v) is 22.0. The quantitative estimate of drug-likeness (QED) is 0.432. The first-order chi connectivity index (χ1) is 17.5. The van der Waals surface area contributed by atoms with E-state index in [0.29, 0.717) is 23.4 Å². The Hall–Kier alpha value is -3.51. The Labute approximate surface area is 221 Å². The summed E-state index contributed by atoms with van der Waals surface area (Å²) in [7, 11) is 0. The third kappa shape index (κ3) is 5.59. The molecule has 0 aliphatic carbocycles. The minimum Gasteiger partial charge on any atom is -0.487 e. The lowest BCUT2D eigenvalue weighted by Crippen LogP contribution is -2.35. The first-order valence-corrected chi connectivity index (χ1v) is 12.7. The van der Waals surface area contributed by atoms with Gasteiger partial charge in [-0.2, -0.15) is 0 Å². The first-order valence-electron chi connectivity index (χ1n) is 12.4. The van der Waals surface area contributed by atoms with Crippen LogP contribution in [0.2, 0.25) is 5.02 Å². The highest BCUT2D eigenvalue weighted by Crippen LogP contribution is 2.38. The predicted octanol–water partition coefficient (Wildman–Crippen LogP) is 5.72. The molecule has 3 aromatic rings. The van der Waals surface area contributed by atoms with Crippen molar-refractivity contribution in [3.8, 4) is 11.5 Å². The van der Waals surface area contributed by atoms with Gasteiger partial charge in [-0.1, -0.05) is 35.9 Å². The topological polar surface area (TPSA) is 76.1 Å². The van der Waals surface area contributed by atoms with Crippen LogP contribution in [-0.2, 0) is 30.6 Å². The number of fused-ring (bicyclic) bond motifs is 2. The molecule has 0 aromatic heterocycles. The lowest BCUT2D eigenvalue weighted by molar-refractivity contribution is -0.137. The maximum Gasteiger partial charge on any atom is 0.323 e. The van der Waals surface area contributed by atoms with Crippen LogP contribution in [0.4, 0.5) is 0 Å². The van der Waals surface area contributed by atoms with Gasteiger partial charge in [0.25, 0.3) is 5.91 Å². The van der Waals surface area contributed by atoms with Crippen molar-refractivity contribution in [2.24, 2.45) is 0 Å². The van der Waals surface area contributed by atoms with Crippen molar-refractivity contribution in [1.82, 2.24) is 4.90 Å². The Morgan fingerprint density at radius 3 is 2.27 bits per heavy atom. The van der Waals surface area contributed by atoms with E-state index in [9.17, 15) is 14.7 Å². The molecule has 0 bridgehead atoms. The number of aliphatic carboxylic acids is 1. The number of amides is 1. The molecule has 2 heterocycles. The third-order valence-electron chi connectivity index (χ3n) is 6.83. The van der Waals surface area contributed by atoms with Crippen LogP contribution in [0.15, 0.2) is 60.7 Å². The van der Waals surface area contributed by atoms with Crippen molar-refractivity contribution >= 4 is 23.5 Å². The predicted molar refractivity (Wildman–Crippen MR) is 142 cm³/mol. The summed E-state index contributed by atoms with van der Waals surface area (Å²) in [6.07, 6.45) is 2.11. The zero-order valence-electron chi connectivity index (χ0n) is 21.2. The number of carboxylic acids is 1. The van der Waals surface area contributed by atoms with E-state index in [1.165, 1.54) is 4.90 Å². The molecule has 0 radical (unpaired) electrons. The number of carbonyl (C=O) groups is 2. The minimum absolute atomic E-state index is 0.195. The molecule has 2 aliphatic rings. The van der Waals surface area contributed by atoms with Crippen LogP contribution in [0, 0.1) is 0 Å². The largest absolute Gasteiger partial charge is 0.487 e. The Bertz CT molecular complexity index is 1370. The lowest BCUT2D eigenvalue weighted by atomic mass is 9.91. The number of rotatable bonds is 7. The summed E-state index contributed by atoms with van der Waals surface area (Å²) in [5, 5.41) is 10.2. The Balaban J connectivity index is 1.33. The summed E-state index contributed by atoms with van der Waals surface area (Å²) in [6, 6.07) is 18.9. The average molecular weight is 520 g/mol. The molecule has 0 spiro atoms. The van der Waals surface area contributed by atoms with Crippen molar-refractivity contribution < 1.29 is 24.2 Å². The number of nitrogens with zero attached hydrogens (tertiary/aromatic N) is 1. The molecule has 7 heteroatoms. The normalized spacial score (nSPS) is 18.9. The number of carboxylic acid groups (broad SMARTS) is 1. The molecule has 37 heavy (non-hydrogen) atoms. The van der Waals surface area contributed by atoms with Crippen molar-refractivity contribution in [2.45, 2.75) is 57.8 Å². The molecule has 3 aromatic carbocycles. The van der Waals surface area contributed by atoms with Gasteiger partial charge >= 0.3 is 5.97 Å². The second-order valence-corrected chi connectivity index (χ2v) is 11.3. The zero-order chi connectivity index (χ0) is 26.4. The van der Waals surface area contributed by atoms with Gasteiger partial charge in [-0.3, -0.25) is 9.59 Å². The van der Waals surface area contributed by atoms with Crippen LogP contribution < -0.4 is 9.47 Å². The second-order valence-electron chi connectivity index (χ2n) is 10.9. The van der Waals surface area contributed by atoms with Crippen molar-refractivity contribution in [1.29, 1.82) is 0 Å². The Morgan fingerprint density at radius 1 is 0.892 bits per heavy atom. The third-order valence-corrected chi connectivity index (χ3v) is 7.09. The number of ether oxygens (including phenoxy) is 2. The van der Waals surface area contributed by atoms with Gasteiger partial charge in [-0.15, -0.1) is 0 Å². The van der Waals surface area contributed by atoms with Crippen LogP contribution >= 0.6 is 11.6 Å². The van der Waals surface area contributed by atoms with Gasteiger partial charge in [0, 0.05) is 36.4 Å². The fourth-order valence-electron chi connectivity index (χ4n) is 5.31. The highest BCUT2D eigenvalue weighted by Gasteiger charge is 2.36. The summed E-state index contributed by atoms with van der Waals surface area (Å²) in [4.78, 5) is 26.5. The highest BCUT2D eigenvalue weighted by atomic mass is 35.5. The average Bonchev–Trinajstić information content (AvgIpc) is 3.32. The monoisotopic (exact) mass is 519 g/mol. The first kappa shape index (κ1) is 25.2. The van der Waals surface area contributed by atoms with Gasteiger partial charge < -0.3 is 19.5 Å². The number of halogens is 1. The molecule has 0 unspecified atom stereocenters. The van der Waals surface area contributed by atoms with Gasteiger partial charge in [0.2, 0.25) is 0 Å². The molecule has 6 nitrogen and oxygen atoms in total. The summed E-state index contributed by atoms with van der Waals surface area (Å²) in [5.74, 6) is 0.205. The van der Waals surface area contributed by atoms with E-state index >= 15 is 0 Å². The lowest BCUT2D eigenvalue weighted by Gasteiger charge is -2.24. The van der Waals surface area contributed by atoms with Gasteiger partial charge in [0.1, 0.15) is 29.2 Å². The minimum atomic E-state index is -1.06. The molecule has 1 amide bonds. The molecule has 0 saturated carbocycles. The van der Waals surface area contributed by atoms with Crippen molar-refractivity contribution in [2.75, 3.05) is 6.54 Å². The fraction of sp³-hybridized carbons (Fsp3) is 0.333. The van der Waals surface area contributed by atoms with Crippen LogP contribution in [0.5, 0.6) is 11.5 Å². The maximum atomic E-state index is 13.5. The molecular formula is C30H30ClNO5. The summed E-state index contributed by atoms with van der Waals surface area (Å²) in [6.45, 7) is 5.93. The molecule has 5 rings (SSSR count). The van der Waals surface area contributed by atoms with Gasteiger partial charge in [-0.25, -0.2) is 0 Å². The molecule has 0 fully saturated rings. The van der Waals surface area contributed by atoms with Crippen LogP contribution in [0.25, 0.3) is 0 Å². The standard InChI is InChI=1S/C30H30ClNO5/c1-29(2)15-22-12-20(6-10-25(22)36-29)17-32(18-27(33)34)28(35)21-7-11-26-23(13-21)16-30(3,37-26)14-19-4-8-24(31)9-5-19/h4-13H,14-18H2,1-3H3,(H,33,34)/t30-/m1/s1.